The summed E-state index contributed by atoms with van der Waals surface area (Å²) in [6.07, 6.45) is -8.44. The van der Waals surface area contributed by atoms with Gasteiger partial charge in [0.1, 0.15) is 0 Å². The predicted molar refractivity (Wildman–Crippen MR) is 81.6 cm³/mol. The van der Waals surface area contributed by atoms with Crippen LogP contribution >= 0.6 is 27.9 Å². The van der Waals surface area contributed by atoms with Gasteiger partial charge in [-0.05, 0) is 58.2 Å². The quantitative estimate of drug-likeness (QED) is 0.366. The Morgan fingerprint density at radius 1 is 1.00 bits per heavy atom. The molecule has 2 aromatic rings. The number of hydrogen-bond acceptors (Lipinski definition) is 4. The van der Waals surface area contributed by atoms with Gasteiger partial charge in [-0.3, -0.25) is 4.98 Å². The van der Waals surface area contributed by atoms with Crippen LogP contribution in [0.5, 0.6) is 0 Å². The molecule has 25 heavy (non-hydrogen) atoms. The Hall–Kier alpha value is -1.30. The first kappa shape index (κ1) is 20.0. The van der Waals surface area contributed by atoms with E-state index in [1.807, 2.05) is 0 Å². The van der Waals surface area contributed by atoms with E-state index in [4.69, 9.17) is 0 Å². The highest BCUT2D eigenvalue weighted by Gasteiger charge is 2.37. The largest absolute Gasteiger partial charge is 0.416 e. The monoisotopic (exact) mass is 446 g/mol. The number of nitrogens with zero attached hydrogens (tertiary/aromatic N) is 2. The number of alkyl halides is 6. The van der Waals surface area contributed by atoms with Crippen LogP contribution in [0, 0.1) is 0 Å². The number of aromatic nitrogens is 1. The maximum Gasteiger partial charge on any atom is 0.416 e. The van der Waals surface area contributed by atoms with Gasteiger partial charge in [-0.15, -0.1) is 4.47 Å². The van der Waals surface area contributed by atoms with Crippen molar-refractivity contribution in [1.29, 1.82) is 0 Å². The van der Waals surface area contributed by atoms with Crippen molar-refractivity contribution in [1.82, 2.24) is 9.45 Å². The van der Waals surface area contributed by atoms with Gasteiger partial charge in [-0.2, -0.15) is 26.3 Å². The Kier molecular flexibility index (Phi) is 6.02. The van der Waals surface area contributed by atoms with Crippen molar-refractivity contribution in [2.75, 3.05) is 0 Å². The van der Waals surface area contributed by atoms with E-state index in [1.165, 1.54) is 6.20 Å². The fourth-order valence-corrected chi connectivity index (χ4v) is 2.81. The van der Waals surface area contributed by atoms with Crippen LogP contribution in [0.3, 0.4) is 0 Å². The van der Waals surface area contributed by atoms with Crippen molar-refractivity contribution in [3.05, 3.63) is 57.8 Å². The van der Waals surface area contributed by atoms with E-state index in [9.17, 15) is 31.5 Å². The predicted octanol–water partition coefficient (Wildman–Crippen LogP) is 5.78. The molecular weight excluding hydrogens is 438 g/mol. The van der Waals surface area contributed by atoms with Crippen molar-refractivity contribution in [2.24, 2.45) is 0 Å². The molecule has 0 saturated carbocycles. The third kappa shape index (κ3) is 5.87. The normalized spacial score (nSPS) is 12.7. The molecule has 0 aliphatic rings. The first-order valence-corrected chi connectivity index (χ1v) is 8.06. The molecule has 0 amide bonds. The fraction of sp³-hybridized carbons (Fsp3) is 0.214. The molecule has 0 aliphatic carbocycles. The second-order valence-corrected chi connectivity index (χ2v) is 6.80. The highest BCUT2D eigenvalue weighted by atomic mass is 79.9. The molecule has 0 bridgehead atoms. The van der Waals surface area contributed by atoms with Crippen LogP contribution in [-0.4, -0.2) is 14.7 Å². The number of hydrogen-bond donors (Lipinski definition) is 1. The average Bonchev–Trinajstić information content (AvgIpc) is 2.47. The Labute approximate surface area is 150 Å². The van der Waals surface area contributed by atoms with E-state index in [-0.39, 0.29) is 12.6 Å². The zero-order chi connectivity index (χ0) is 18.8. The molecule has 0 spiro atoms. The zero-order valence-electron chi connectivity index (χ0n) is 12.1. The summed E-state index contributed by atoms with van der Waals surface area (Å²) in [5, 5.41) is 9.79. The molecule has 1 heterocycles. The second kappa shape index (κ2) is 7.52. The highest BCUT2D eigenvalue weighted by Crippen LogP contribution is 2.38. The Morgan fingerprint density at radius 2 is 1.56 bits per heavy atom. The number of pyridine rings is 1. The number of halogens is 7. The molecule has 11 heteroatoms. The third-order valence-electron chi connectivity index (χ3n) is 2.86. The van der Waals surface area contributed by atoms with Crippen molar-refractivity contribution >= 4 is 27.9 Å². The smallest absolute Gasteiger partial charge is 0.303 e. The molecule has 0 atom stereocenters. The van der Waals surface area contributed by atoms with Gasteiger partial charge in [0.05, 0.1) is 23.4 Å². The van der Waals surface area contributed by atoms with E-state index >= 15 is 0 Å². The summed E-state index contributed by atoms with van der Waals surface area (Å²) in [6.45, 7) is -0.199. The molecule has 0 unspecified atom stereocenters. The van der Waals surface area contributed by atoms with Gasteiger partial charge in [0.25, 0.3) is 0 Å². The molecule has 0 aliphatic heterocycles. The number of benzene rings is 1. The first-order chi connectivity index (χ1) is 11.4. The maximum absolute atomic E-state index is 12.8. The first-order valence-electron chi connectivity index (χ1n) is 6.49. The minimum Gasteiger partial charge on any atom is -0.303 e. The summed E-state index contributed by atoms with van der Waals surface area (Å²) in [7, 11) is 0. The van der Waals surface area contributed by atoms with Crippen LogP contribution in [-0.2, 0) is 18.9 Å². The molecule has 136 valence electrons. The van der Waals surface area contributed by atoms with Crippen LogP contribution in [0.1, 0.15) is 16.8 Å². The molecule has 1 aromatic carbocycles. The number of hydroxylamine groups is 1. The van der Waals surface area contributed by atoms with E-state index < -0.39 is 28.4 Å². The van der Waals surface area contributed by atoms with E-state index in [1.54, 1.807) is 12.1 Å². The average molecular weight is 447 g/mol. The SMILES string of the molecule is ON(Cc1ccc(Br)cn1)Sc1cc(C(F)(F)F)cc(C(F)(F)F)c1. The van der Waals surface area contributed by atoms with Crippen LogP contribution in [0.2, 0.25) is 0 Å². The summed E-state index contributed by atoms with van der Waals surface area (Å²) < 4.78 is 77.9. The Morgan fingerprint density at radius 3 is 2.00 bits per heavy atom. The third-order valence-corrected chi connectivity index (χ3v) is 4.11. The fourth-order valence-electron chi connectivity index (χ4n) is 1.77. The van der Waals surface area contributed by atoms with Crippen LogP contribution in [0.15, 0.2) is 45.9 Å². The zero-order valence-corrected chi connectivity index (χ0v) is 14.5. The second-order valence-electron chi connectivity index (χ2n) is 4.81. The minimum absolute atomic E-state index is 0.0298. The Balaban J connectivity index is 2.23. The van der Waals surface area contributed by atoms with Gasteiger partial charge in [-0.25, -0.2) is 0 Å². The van der Waals surface area contributed by atoms with Crippen LogP contribution in [0.25, 0.3) is 0 Å². The lowest BCUT2D eigenvalue weighted by Gasteiger charge is -2.17. The molecule has 2 rings (SSSR count). The van der Waals surface area contributed by atoms with Crippen molar-refractivity contribution in [2.45, 2.75) is 23.8 Å². The molecule has 0 radical (unpaired) electrons. The lowest BCUT2D eigenvalue weighted by atomic mass is 10.1. The number of rotatable bonds is 4. The van der Waals surface area contributed by atoms with Crippen molar-refractivity contribution in [3.8, 4) is 0 Å². The molecule has 0 saturated heterocycles. The lowest BCUT2D eigenvalue weighted by Crippen LogP contribution is -2.13. The van der Waals surface area contributed by atoms with E-state index in [0.29, 0.717) is 38.7 Å². The summed E-state index contributed by atoms with van der Waals surface area (Å²) in [5.74, 6) is 0. The summed E-state index contributed by atoms with van der Waals surface area (Å²) in [5.41, 5.74) is -2.51. The Bertz CT molecular complexity index is 703. The van der Waals surface area contributed by atoms with Gasteiger partial charge in [0.15, 0.2) is 0 Å². The molecule has 1 N–H and O–H groups in total. The summed E-state index contributed by atoms with van der Waals surface area (Å²) >= 11 is 3.50. The van der Waals surface area contributed by atoms with Gasteiger partial charge in [-0.1, -0.05) is 0 Å². The molecular formula is C14H9BrF6N2OS. The molecule has 3 nitrogen and oxygen atoms in total. The topological polar surface area (TPSA) is 36.4 Å². The van der Waals surface area contributed by atoms with Gasteiger partial charge < -0.3 is 5.21 Å². The maximum atomic E-state index is 12.8. The van der Waals surface area contributed by atoms with Crippen LogP contribution < -0.4 is 0 Å². The minimum atomic E-state index is -4.94. The van der Waals surface area contributed by atoms with Crippen LogP contribution in [0.4, 0.5) is 26.3 Å². The summed E-state index contributed by atoms with van der Waals surface area (Å²) in [6, 6.07) is 4.28. The van der Waals surface area contributed by atoms with Crippen molar-refractivity contribution in [3.63, 3.8) is 0 Å². The highest BCUT2D eigenvalue weighted by molar-refractivity contribution is 9.10. The molecule has 0 fully saturated rings. The standard InChI is InChI=1S/C14H9BrF6N2OS/c15-10-1-2-11(22-6-10)7-23(24)25-12-4-8(13(16,17)18)3-9(5-12)14(19,20)21/h1-6,24H,7H2. The van der Waals surface area contributed by atoms with Gasteiger partial charge >= 0.3 is 12.4 Å². The summed E-state index contributed by atoms with van der Waals surface area (Å²) in [4.78, 5) is 3.55. The van der Waals surface area contributed by atoms with E-state index in [2.05, 4.69) is 20.9 Å². The van der Waals surface area contributed by atoms with E-state index in [0.717, 1.165) is 0 Å². The van der Waals surface area contributed by atoms with Gasteiger partial charge in [0.2, 0.25) is 0 Å². The van der Waals surface area contributed by atoms with Crippen molar-refractivity contribution < 1.29 is 31.5 Å². The lowest BCUT2D eigenvalue weighted by molar-refractivity contribution is -0.143. The molecule has 1 aromatic heterocycles. The van der Waals surface area contributed by atoms with Gasteiger partial charge in [0, 0.05) is 15.6 Å².